The average molecular weight is 306 g/mol. The van der Waals surface area contributed by atoms with Crippen LogP contribution in [0.15, 0.2) is 24.3 Å². The van der Waals surface area contributed by atoms with Crippen LogP contribution in [0.5, 0.6) is 0 Å². The van der Waals surface area contributed by atoms with Crippen molar-refractivity contribution < 1.29 is 14.3 Å². The van der Waals surface area contributed by atoms with Gasteiger partial charge in [-0.2, -0.15) is 0 Å². The third-order valence-corrected chi connectivity index (χ3v) is 3.76. The van der Waals surface area contributed by atoms with Crippen LogP contribution in [0.25, 0.3) is 0 Å². The van der Waals surface area contributed by atoms with Crippen molar-refractivity contribution in [1.82, 2.24) is 0 Å². The molecule has 0 saturated carbocycles. The Morgan fingerprint density at radius 3 is 2.73 bits per heavy atom. The number of ether oxygens (including phenoxy) is 2. The predicted octanol–water partition coefficient (Wildman–Crippen LogP) is 2.19. The van der Waals surface area contributed by atoms with Crippen molar-refractivity contribution in [1.29, 1.82) is 0 Å². The number of piperidine rings is 1. The monoisotopic (exact) mass is 306 g/mol. The minimum absolute atomic E-state index is 0.0129. The summed E-state index contributed by atoms with van der Waals surface area (Å²) in [5.74, 6) is -0.300. The molecule has 1 aromatic rings. The van der Waals surface area contributed by atoms with Gasteiger partial charge in [0.05, 0.1) is 11.7 Å². The summed E-state index contributed by atoms with van der Waals surface area (Å²) in [7, 11) is 1.69. The maximum absolute atomic E-state index is 12.2. The van der Waals surface area contributed by atoms with Gasteiger partial charge >= 0.3 is 5.97 Å². The minimum atomic E-state index is -0.494. The smallest absolute Gasteiger partial charge is 0.338 e. The molecule has 0 aliphatic carbocycles. The second-order valence-electron chi connectivity index (χ2n) is 6.72. The number of benzene rings is 1. The molecular formula is C17H26N2O3. The van der Waals surface area contributed by atoms with E-state index in [4.69, 9.17) is 15.2 Å². The van der Waals surface area contributed by atoms with Crippen molar-refractivity contribution >= 4 is 11.7 Å². The van der Waals surface area contributed by atoms with Crippen LogP contribution >= 0.6 is 0 Å². The molecule has 1 fully saturated rings. The molecule has 0 aromatic heterocycles. The molecular weight excluding hydrogens is 280 g/mol. The summed E-state index contributed by atoms with van der Waals surface area (Å²) in [6.45, 7) is 7.19. The lowest BCUT2D eigenvalue weighted by atomic mass is 10.0. The topological polar surface area (TPSA) is 64.8 Å². The summed E-state index contributed by atoms with van der Waals surface area (Å²) in [6.07, 6.45) is 0.883. The van der Waals surface area contributed by atoms with Crippen molar-refractivity contribution in [3.05, 3.63) is 29.8 Å². The zero-order valence-electron chi connectivity index (χ0n) is 13.8. The van der Waals surface area contributed by atoms with Gasteiger partial charge in [-0.1, -0.05) is 6.07 Å². The minimum Gasteiger partial charge on any atom is -0.456 e. The van der Waals surface area contributed by atoms with Crippen molar-refractivity contribution in [2.75, 3.05) is 25.1 Å². The Kier molecular flexibility index (Phi) is 5.08. The van der Waals surface area contributed by atoms with E-state index in [0.717, 1.165) is 25.2 Å². The molecule has 1 aliphatic rings. The van der Waals surface area contributed by atoms with Crippen LogP contribution in [0.3, 0.4) is 0 Å². The summed E-state index contributed by atoms with van der Waals surface area (Å²) in [5, 5.41) is 0. The number of methoxy groups -OCH3 is 1. The van der Waals surface area contributed by atoms with E-state index in [0.29, 0.717) is 5.56 Å². The Labute approximate surface area is 132 Å². The second-order valence-corrected chi connectivity index (χ2v) is 6.72. The molecule has 5 nitrogen and oxygen atoms in total. The molecule has 0 amide bonds. The molecule has 1 aromatic carbocycles. The maximum Gasteiger partial charge on any atom is 0.338 e. The zero-order chi connectivity index (χ0) is 16.3. The molecule has 1 heterocycles. The molecule has 2 atom stereocenters. The summed E-state index contributed by atoms with van der Waals surface area (Å²) >= 11 is 0. The molecule has 0 unspecified atom stereocenters. The van der Waals surface area contributed by atoms with Crippen LogP contribution in [0.4, 0.5) is 5.69 Å². The van der Waals surface area contributed by atoms with E-state index < -0.39 is 5.60 Å². The molecule has 5 heteroatoms. The Morgan fingerprint density at radius 1 is 1.36 bits per heavy atom. The Hall–Kier alpha value is -1.59. The summed E-state index contributed by atoms with van der Waals surface area (Å²) in [5.41, 5.74) is 7.12. The van der Waals surface area contributed by atoms with Gasteiger partial charge in [0.25, 0.3) is 0 Å². The summed E-state index contributed by atoms with van der Waals surface area (Å²) in [6, 6.07) is 7.59. The number of rotatable bonds is 3. The highest BCUT2D eigenvalue weighted by Gasteiger charge is 2.27. The van der Waals surface area contributed by atoms with Crippen LogP contribution < -0.4 is 10.6 Å². The standard InChI is InChI=1S/C17H26N2O3/c1-17(2,3)22-16(20)12-6-5-7-13(10-12)19-9-8-14(18)15(11-19)21-4/h5-7,10,14-15H,8-9,11,18H2,1-4H3/t14-,15+/m1/s1. The lowest BCUT2D eigenvalue weighted by Crippen LogP contribution is -2.51. The fraction of sp³-hybridized carbons (Fsp3) is 0.588. The van der Waals surface area contributed by atoms with E-state index in [-0.39, 0.29) is 18.1 Å². The van der Waals surface area contributed by atoms with Crippen molar-refractivity contribution in [2.45, 2.75) is 44.9 Å². The van der Waals surface area contributed by atoms with Crippen molar-refractivity contribution in [3.63, 3.8) is 0 Å². The van der Waals surface area contributed by atoms with Crippen LogP contribution in [0.2, 0.25) is 0 Å². The number of carbonyl (C=O) groups excluding carboxylic acids is 1. The highest BCUT2D eigenvalue weighted by Crippen LogP contribution is 2.23. The van der Waals surface area contributed by atoms with E-state index >= 15 is 0 Å². The lowest BCUT2D eigenvalue weighted by molar-refractivity contribution is 0.00695. The number of nitrogens with two attached hydrogens (primary N) is 1. The molecule has 0 radical (unpaired) electrons. The molecule has 1 saturated heterocycles. The molecule has 22 heavy (non-hydrogen) atoms. The van der Waals surface area contributed by atoms with Gasteiger partial charge in [0, 0.05) is 31.9 Å². The van der Waals surface area contributed by atoms with Crippen molar-refractivity contribution in [3.8, 4) is 0 Å². The SMILES string of the molecule is CO[C@H]1CN(c2cccc(C(=O)OC(C)(C)C)c2)CC[C@H]1N. The largest absolute Gasteiger partial charge is 0.456 e. The predicted molar refractivity (Wildman–Crippen MR) is 87.2 cm³/mol. The van der Waals surface area contributed by atoms with Gasteiger partial charge in [0.1, 0.15) is 5.60 Å². The highest BCUT2D eigenvalue weighted by atomic mass is 16.6. The maximum atomic E-state index is 12.2. The first-order valence-corrected chi connectivity index (χ1v) is 7.67. The quantitative estimate of drug-likeness (QED) is 0.867. The Balaban J connectivity index is 2.13. The van der Waals surface area contributed by atoms with E-state index in [9.17, 15) is 4.79 Å². The van der Waals surface area contributed by atoms with E-state index in [1.165, 1.54) is 0 Å². The van der Waals surface area contributed by atoms with E-state index in [1.54, 1.807) is 13.2 Å². The van der Waals surface area contributed by atoms with Gasteiger partial charge in [0.15, 0.2) is 0 Å². The van der Waals surface area contributed by atoms with Gasteiger partial charge in [-0.25, -0.2) is 4.79 Å². The fourth-order valence-electron chi connectivity index (χ4n) is 2.59. The molecule has 2 rings (SSSR count). The van der Waals surface area contributed by atoms with Gasteiger partial charge in [0.2, 0.25) is 0 Å². The second kappa shape index (κ2) is 6.67. The number of carbonyl (C=O) groups is 1. The van der Waals surface area contributed by atoms with Gasteiger partial charge in [-0.05, 0) is 45.4 Å². The zero-order valence-corrected chi connectivity index (χ0v) is 13.8. The molecule has 1 aliphatic heterocycles. The Bertz CT molecular complexity index is 525. The number of anilines is 1. The Morgan fingerprint density at radius 2 is 2.09 bits per heavy atom. The van der Waals surface area contributed by atoms with Gasteiger partial charge in [-0.15, -0.1) is 0 Å². The van der Waals surface area contributed by atoms with Gasteiger partial charge in [-0.3, -0.25) is 0 Å². The first-order valence-electron chi connectivity index (χ1n) is 7.67. The van der Waals surface area contributed by atoms with Gasteiger partial charge < -0.3 is 20.1 Å². The van der Waals surface area contributed by atoms with E-state index in [2.05, 4.69) is 4.90 Å². The average Bonchev–Trinajstić information content (AvgIpc) is 2.46. The van der Waals surface area contributed by atoms with Crippen LogP contribution in [0, 0.1) is 0 Å². The number of esters is 1. The third kappa shape index (κ3) is 4.21. The third-order valence-electron chi connectivity index (χ3n) is 3.76. The molecule has 0 spiro atoms. The molecule has 2 N–H and O–H groups in total. The normalized spacial score (nSPS) is 22.5. The first-order chi connectivity index (χ1) is 10.3. The summed E-state index contributed by atoms with van der Waals surface area (Å²) in [4.78, 5) is 14.4. The number of hydrogen-bond donors (Lipinski definition) is 1. The molecule has 122 valence electrons. The lowest BCUT2D eigenvalue weighted by Gasteiger charge is -2.37. The number of hydrogen-bond acceptors (Lipinski definition) is 5. The first kappa shape index (κ1) is 16.8. The molecule has 0 bridgehead atoms. The van der Waals surface area contributed by atoms with Crippen LogP contribution in [-0.4, -0.2) is 43.9 Å². The highest BCUT2D eigenvalue weighted by molar-refractivity contribution is 5.90. The van der Waals surface area contributed by atoms with Crippen molar-refractivity contribution in [2.24, 2.45) is 5.73 Å². The fourth-order valence-corrected chi connectivity index (χ4v) is 2.59. The van der Waals surface area contributed by atoms with Crippen LogP contribution in [-0.2, 0) is 9.47 Å². The summed E-state index contributed by atoms with van der Waals surface area (Å²) < 4.78 is 10.9. The number of nitrogens with zero attached hydrogens (tertiary/aromatic N) is 1. The van der Waals surface area contributed by atoms with Crippen LogP contribution in [0.1, 0.15) is 37.6 Å². The van der Waals surface area contributed by atoms with E-state index in [1.807, 2.05) is 39.0 Å².